The van der Waals surface area contributed by atoms with Gasteiger partial charge in [-0.3, -0.25) is 4.40 Å². The van der Waals surface area contributed by atoms with Crippen LogP contribution in [0.3, 0.4) is 0 Å². The number of nitrogens with zero attached hydrogens (tertiary/aromatic N) is 2. The van der Waals surface area contributed by atoms with Gasteiger partial charge in [0.2, 0.25) is 0 Å². The Morgan fingerprint density at radius 3 is 2.83 bits per heavy atom. The van der Waals surface area contributed by atoms with Crippen molar-refractivity contribution >= 4 is 16.3 Å². The first-order valence-electron chi connectivity index (χ1n) is 5.93. The number of thiazole rings is 1. The summed E-state index contributed by atoms with van der Waals surface area (Å²) in [5.74, 6) is 0. The Morgan fingerprint density at radius 1 is 1.28 bits per heavy atom. The fraction of sp³-hybridized carbons (Fsp3) is 0.214. The van der Waals surface area contributed by atoms with Gasteiger partial charge in [-0.05, 0) is 31.0 Å². The minimum absolute atomic E-state index is 0.552. The third-order valence-electron chi connectivity index (χ3n) is 3.29. The molecule has 2 N–H and O–H groups in total. The van der Waals surface area contributed by atoms with Crippen LogP contribution in [0.25, 0.3) is 16.2 Å². The summed E-state index contributed by atoms with van der Waals surface area (Å²) in [7, 11) is 0. The number of benzene rings is 1. The van der Waals surface area contributed by atoms with E-state index in [1.807, 2.05) is 12.4 Å². The molecule has 0 bridgehead atoms. The van der Waals surface area contributed by atoms with Gasteiger partial charge in [0.1, 0.15) is 0 Å². The molecule has 1 aromatic carbocycles. The van der Waals surface area contributed by atoms with E-state index in [0.29, 0.717) is 6.54 Å². The molecule has 3 rings (SSSR count). The molecule has 3 aromatic rings. The molecule has 0 aliphatic carbocycles. The van der Waals surface area contributed by atoms with Crippen molar-refractivity contribution in [2.75, 3.05) is 0 Å². The van der Waals surface area contributed by atoms with Crippen molar-refractivity contribution in [1.82, 2.24) is 9.38 Å². The van der Waals surface area contributed by atoms with Crippen molar-refractivity contribution in [2.45, 2.75) is 20.4 Å². The van der Waals surface area contributed by atoms with Gasteiger partial charge in [0.25, 0.3) is 0 Å². The summed E-state index contributed by atoms with van der Waals surface area (Å²) < 4.78 is 2.12. The van der Waals surface area contributed by atoms with E-state index in [2.05, 4.69) is 41.4 Å². The lowest BCUT2D eigenvalue weighted by Crippen LogP contribution is -1.97. The summed E-state index contributed by atoms with van der Waals surface area (Å²) in [5.41, 5.74) is 10.8. The highest BCUT2D eigenvalue weighted by molar-refractivity contribution is 7.17. The second-order valence-electron chi connectivity index (χ2n) is 4.46. The molecule has 0 spiro atoms. The standard InChI is InChI=1S/C14H15N3S/c1-9-3-4-11(7-10(9)2)13-12(8-15)18-14-16-5-6-17(13)14/h3-7H,8,15H2,1-2H3. The molecule has 2 aromatic heterocycles. The summed E-state index contributed by atoms with van der Waals surface area (Å²) in [4.78, 5) is 6.52. The van der Waals surface area contributed by atoms with E-state index in [1.54, 1.807) is 11.3 Å². The fourth-order valence-electron chi connectivity index (χ4n) is 2.16. The van der Waals surface area contributed by atoms with E-state index < -0.39 is 0 Å². The summed E-state index contributed by atoms with van der Waals surface area (Å²) in [5, 5.41) is 0. The second-order valence-corrected chi connectivity index (χ2v) is 5.52. The zero-order valence-corrected chi connectivity index (χ0v) is 11.3. The van der Waals surface area contributed by atoms with Crippen LogP contribution in [-0.2, 0) is 6.54 Å². The van der Waals surface area contributed by atoms with Gasteiger partial charge in [-0.25, -0.2) is 4.98 Å². The Hall–Kier alpha value is -1.65. The van der Waals surface area contributed by atoms with Crippen LogP contribution in [0.5, 0.6) is 0 Å². The van der Waals surface area contributed by atoms with Crippen molar-refractivity contribution in [1.29, 1.82) is 0 Å². The van der Waals surface area contributed by atoms with Gasteiger partial charge < -0.3 is 5.73 Å². The number of fused-ring (bicyclic) bond motifs is 1. The van der Waals surface area contributed by atoms with Gasteiger partial charge in [-0.15, -0.1) is 0 Å². The normalized spacial score (nSPS) is 11.3. The number of hydrogen-bond donors (Lipinski definition) is 1. The molecule has 0 aliphatic rings. The van der Waals surface area contributed by atoms with E-state index in [1.165, 1.54) is 27.3 Å². The van der Waals surface area contributed by atoms with Crippen molar-refractivity contribution in [2.24, 2.45) is 5.73 Å². The van der Waals surface area contributed by atoms with Crippen LogP contribution in [0.15, 0.2) is 30.6 Å². The summed E-state index contributed by atoms with van der Waals surface area (Å²) >= 11 is 1.66. The zero-order chi connectivity index (χ0) is 12.7. The van der Waals surface area contributed by atoms with Crippen molar-refractivity contribution in [3.05, 3.63) is 46.6 Å². The van der Waals surface area contributed by atoms with Crippen LogP contribution in [-0.4, -0.2) is 9.38 Å². The molecular formula is C14H15N3S. The van der Waals surface area contributed by atoms with Crippen LogP contribution in [0.2, 0.25) is 0 Å². The van der Waals surface area contributed by atoms with Crippen molar-refractivity contribution in [3.63, 3.8) is 0 Å². The van der Waals surface area contributed by atoms with Gasteiger partial charge >= 0.3 is 0 Å². The Balaban J connectivity index is 2.28. The minimum Gasteiger partial charge on any atom is -0.326 e. The summed E-state index contributed by atoms with van der Waals surface area (Å²) in [6.45, 7) is 4.82. The molecule has 4 heteroatoms. The molecule has 0 fully saturated rings. The summed E-state index contributed by atoms with van der Waals surface area (Å²) in [6, 6.07) is 6.53. The predicted octanol–water partition coefficient (Wildman–Crippen LogP) is 3.14. The molecule has 0 amide bonds. The number of rotatable bonds is 2. The third kappa shape index (κ3) is 1.65. The van der Waals surface area contributed by atoms with Gasteiger partial charge in [-0.1, -0.05) is 23.5 Å². The molecule has 0 unspecified atom stereocenters. The molecule has 92 valence electrons. The molecule has 0 aliphatic heterocycles. The van der Waals surface area contributed by atoms with Crippen LogP contribution in [0.4, 0.5) is 0 Å². The molecule has 3 nitrogen and oxygen atoms in total. The highest BCUT2D eigenvalue weighted by Gasteiger charge is 2.13. The topological polar surface area (TPSA) is 43.3 Å². The van der Waals surface area contributed by atoms with Crippen LogP contribution >= 0.6 is 11.3 Å². The van der Waals surface area contributed by atoms with E-state index >= 15 is 0 Å². The highest BCUT2D eigenvalue weighted by atomic mass is 32.1. The first-order chi connectivity index (χ1) is 8.70. The van der Waals surface area contributed by atoms with E-state index in [-0.39, 0.29) is 0 Å². The molecule has 0 saturated heterocycles. The monoisotopic (exact) mass is 257 g/mol. The average molecular weight is 257 g/mol. The maximum atomic E-state index is 5.85. The van der Waals surface area contributed by atoms with Gasteiger partial charge in [-0.2, -0.15) is 0 Å². The van der Waals surface area contributed by atoms with Crippen LogP contribution in [0, 0.1) is 13.8 Å². The van der Waals surface area contributed by atoms with Gasteiger partial charge in [0.05, 0.1) is 5.69 Å². The van der Waals surface area contributed by atoms with Crippen LogP contribution in [0.1, 0.15) is 16.0 Å². The quantitative estimate of drug-likeness (QED) is 0.766. The van der Waals surface area contributed by atoms with E-state index in [9.17, 15) is 0 Å². The van der Waals surface area contributed by atoms with Gasteiger partial charge in [0, 0.05) is 29.4 Å². The largest absolute Gasteiger partial charge is 0.326 e. The average Bonchev–Trinajstić information content (AvgIpc) is 2.92. The lowest BCUT2D eigenvalue weighted by Gasteiger charge is -2.06. The summed E-state index contributed by atoms with van der Waals surface area (Å²) in [6.07, 6.45) is 3.83. The molecule has 2 heterocycles. The Morgan fingerprint density at radius 2 is 2.11 bits per heavy atom. The Bertz CT molecular complexity index is 709. The number of nitrogens with two attached hydrogens (primary N) is 1. The maximum Gasteiger partial charge on any atom is 0.194 e. The maximum absolute atomic E-state index is 5.85. The number of hydrogen-bond acceptors (Lipinski definition) is 3. The third-order valence-corrected chi connectivity index (χ3v) is 4.38. The smallest absolute Gasteiger partial charge is 0.194 e. The molecule has 18 heavy (non-hydrogen) atoms. The Labute approximate surface area is 110 Å². The number of aromatic nitrogens is 2. The van der Waals surface area contributed by atoms with E-state index in [0.717, 1.165) is 4.96 Å². The SMILES string of the molecule is Cc1ccc(-c2c(CN)sc3nccn23)cc1C. The molecule has 0 atom stereocenters. The van der Waals surface area contributed by atoms with Crippen molar-refractivity contribution in [3.8, 4) is 11.3 Å². The first-order valence-corrected chi connectivity index (χ1v) is 6.75. The molecular weight excluding hydrogens is 242 g/mol. The molecule has 0 radical (unpaired) electrons. The van der Waals surface area contributed by atoms with Crippen molar-refractivity contribution < 1.29 is 0 Å². The number of aryl methyl sites for hydroxylation is 2. The predicted molar refractivity (Wildman–Crippen MR) is 75.9 cm³/mol. The lowest BCUT2D eigenvalue weighted by atomic mass is 10.0. The van der Waals surface area contributed by atoms with Crippen LogP contribution < -0.4 is 5.73 Å². The first kappa shape index (κ1) is 11.4. The fourth-order valence-corrected chi connectivity index (χ4v) is 3.14. The van der Waals surface area contributed by atoms with Gasteiger partial charge in [0.15, 0.2) is 4.96 Å². The Kier molecular flexibility index (Phi) is 2.69. The number of imidazole rings is 1. The molecule has 0 saturated carbocycles. The van der Waals surface area contributed by atoms with E-state index in [4.69, 9.17) is 5.73 Å². The highest BCUT2D eigenvalue weighted by Crippen LogP contribution is 2.32. The lowest BCUT2D eigenvalue weighted by molar-refractivity contribution is 1.08. The second kappa shape index (κ2) is 4.23. The zero-order valence-electron chi connectivity index (χ0n) is 10.5. The minimum atomic E-state index is 0.552.